The molecule has 0 saturated carbocycles. The number of nitrogens with zero attached hydrogens (tertiary/aromatic N) is 1. The first-order valence-electron chi connectivity index (χ1n) is 6.67. The SMILES string of the molecule is COCCN1C(=O)NC(C)(c2ccc(OC(F)(F)F)cc2)C1=O. The Morgan fingerprint density at radius 3 is 2.35 bits per heavy atom. The van der Waals surface area contributed by atoms with Crippen LogP contribution in [0.5, 0.6) is 5.75 Å². The predicted octanol–water partition coefficient (Wildman–Crippen LogP) is 2.00. The van der Waals surface area contributed by atoms with Gasteiger partial charge in [-0.05, 0) is 24.6 Å². The van der Waals surface area contributed by atoms with Crippen LogP contribution in [-0.4, -0.2) is 43.5 Å². The molecule has 1 aliphatic heterocycles. The molecule has 6 nitrogen and oxygen atoms in total. The van der Waals surface area contributed by atoms with Gasteiger partial charge < -0.3 is 14.8 Å². The van der Waals surface area contributed by atoms with Crippen molar-refractivity contribution in [1.29, 1.82) is 0 Å². The van der Waals surface area contributed by atoms with Crippen molar-refractivity contribution in [2.45, 2.75) is 18.8 Å². The summed E-state index contributed by atoms with van der Waals surface area (Å²) in [7, 11) is 1.44. The molecule has 0 spiro atoms. The zero-order valence-corrected chi connectivity index (χ0v) is 12.4. The standard InChI is InChI=1S/C14H15F3N2O4/c1-13(11(20)19(7-8-22-2)12(21)18-13)9-3-5-10(6-4-9)23-14(15,16)17/h3-6H,7-8H2,1-2H3,(H,18,21). The summed E-state index contributed by atoms with van der Waals surface area (Å²) in [5, 5.41) is 2.54. The van der Waals surface area contributed by atoms with Gasteiger partial charge in [-0.2, -0.15) is 0 Å². The van der Waals surface area contributed by atoms with Crippen molar-refractivity contribution in [1.82, 2.24) is 10.2 Å². The number of nitrogens with one attached hydrogen (secondary N) is 1. The number of methoxy groups -OCH3 is 1. The lowest BCUT2D eigenvalue weighted by atomic mass is 9.92. The molecule has 9 heteroatoms. The van der Waals surface area contributed by atoms with Crippen LogP contribution in [0.3, 0.4) is 0 Å². The Hall–Kier alpha value is -2.29. The molecule has 126 valence electrons. The second-order valence-electron chi connectivity index (χ2n) is 5.08. The fourth-order valence-electron chi connectivity index (χ4n) is 2.27. The third kappa shape index (κ3) is 3.55. The Morgan fingerprint density at radius 2 is 1.83 bits per heavy atom. The van der Waals surface area contributed by atoms with E-state index in [4.69, 9.17) is 4.74 Å². The smallest absolute Gasteiger partial charge is 0.406 e. The van der Waals surface area contributed by atoms with Crippen molar-refractivity contribution in [3.05, 3.63) is 29.8 Å². The molecular weight excluding hydrogens is 317 g/mol. The normalized spacial score (nSPS) is 21.5. The molecule has 1 unspecified atom stereocenters. The summed E-state index contributed by atoms with van der Waals surface area (Å²) in [6.07, 6.45) is -4.79. The summed E-state index contributed by atoms with van der Waals surface area (Å²) in [4.78, 5) is 25.3. The van der Waals surface area contributed by atoms with Crippen LogP contribution in [-0.2, 0) is 15.1 Å². The molecule has 1 atom stereocenters. The fraction of sp³-hybridized carbons (Fsp3) is 0.429. The second-order valence-corrected chi connectivity index (χ2v) is 5.08. The lowest BCUT2D eigenvalue weighted by Crippen LogP contribution is -2.41. The number of ether oxygens (including phenoxy) is 2. The zero-order valence-electron chi connectivity index (χ0n) is 12.4. The Morgan fingerprint density at radius 1 is 1.22 bits per heavy atom. The molecule has 0 radical (unpaired) electrons. The maximum absolute atomic E-state index is 12.4. The minimum absolute atomic E-state index is 0.0893. The number of carbonyl (C=O) groups excluding carboxylic acids is 2. The van der Waals surface area contributed by atoms with Crippen molar-refractivity contribution in [3.8, 4) is 5.75 Å². The first kappa shape index (κ1) is 17.1. The molecule has 1 aliphatic rings. The van der Waals surface area contributed by atoms with E-state index >= 15 is 0 Å². The van der Waals surface area contributed by atoms with E-state index in [1.54, 1.807) is 0 Å². The molecule has 2 rings (SSSR count). The molecule has 1 aromatic carbocycles. The monoisotopic (exact) mass is 332 g/mol. The Bertz CT molecular complexity index is 603. The fourth-order valence-corrected chi connectivity index (χ4v) is 2.27. The van der Waals surface area contributed by atoms with Gasteiger partial charge in [-0.25, -0.2) is 4.79 Å². The highest BCUT2D eigenvalue weighted by Crippen LogP contribution is 2.31. The van der Waals surface area contributed by atoms with Crippen LogP contribution < -0.4 is 10.1 Å². The summed E-state index contributed by atoms with van der Waals surface area (Å²) in [5.74, 6) is -0.901. The van der Waals surface area contributed by atoms with E-state index in [9.17, 15) is 22.8 Å². The summed E-state index contributed by atoms with van der Waals surface area (Å²) >= 11 is 0. The van der Waals surface area contributed by atoms with Crippen LogP contribution in [0.15, 0.2) is 24.3 Å². The summed E-state index contributed by atoms with van der Waals surface area (Å²) in [6.45, 7) is 1.76. The minimum atomic E-state index is -4.79. The quantitative estimate of drug-likeness (QED) is 0.838. The van der Waals surface area contributed by atoms with Gasteiger partial charge in [-0.15, -0.1) is 13.2 Å². The molecule has 0 aromatic heterocycles. The van der Waals surface area contributed by atoms with E-state index in [2.05, 4.69) is 10.1 Å². The Balaban J connectivity index is 2.20. The highest BCUT2D eigenvalue weighted by atomic mass is 19.4. The first-order valence-corrected chi connectivity index (χ1v) is 6.67. The average Bonchev–Trinajstić information content (AvgIpc) is 2.67. The van der Waals surface area contributed by atoms with E-state index in [1.165, 1.54) is 26.2 Å². The van der Waals surface area contributed by atoms with Crippen LogP contribution >= 0.6 is 0 Å². The maximum Gasteiger partial charge on any atom is 0.573 e. The van der Waals surface area contributed by atoms with Crippen molar-refractivity contribution in [2.24, 2.45) is 0 Å². The largest absolute Gasteiger partial charge is 0.573 e. The number of rotatable bonds is 5. The van der Waals surface area contributed by atoms with Crippen LogP contribution in [0.1, 0.15) is 12.5 Å². The van der Waals surface area contributed by atoms with Gasteiger partial charge in [0, 0.05) is 7.11 Å². The van der Waals surface area contributed by atoms with Crippen molar-refractivity contribution < 1.29 is 32.2 Å². The summed E-state index contributed by atoms with van der Waals surface area (Å²) in [6, 6.07) is 4.21. The van der Waals surface area contributed by atoms with E-state index in [0.29, 0.717) is 5.56 Å². The van der Waals surface area contributed by atoms with Gasteiger partial charge in [0.2, 0.25) is 0 Å². The number of alkyl halides is 3. The van der Waals surface area contributed by atoms with E-state index < -0.39 is 29.6 Å². The van der Waals surface area contributed by atoms with Crippen LogP contribution in [0.4, 0.5) is 18.0 Å². The molecule has 1 aromatic rings. The molecule has 0 aliphatic carbocycles. The molecule has 23 heavy (non-hydrogen) atoms. The van der Waals surface area contributed by atoms with Gasteiger partial charge in [0.1, 0.15) is 11.3 Å². The maximum atomic E-state index is 12.4. The van der Waals surface area contributed by atoms with Gasteiger partial charge in [-0.1, -0.05) is 12.1 Å². The summed E-state index contributed by atoms with van der Waals surface area (Å²) in [5.41, 5.74) is -0.994. The molecule has 0 bridgehead atoms. The van der Waals surface area contributed by atoms with Crippen LogP contribution in [0.25, 0.3) is 0 Å². The second kappa shape index (κ2) is 6.07. The molecule has 1 N–H and O–H groups in total. The Labute approximate surface area is 130 Å². The number of halogens is 3. The number of hydrogen-bond acceptors (Lipinski definition) is 4. The predicted molar refractivity (Wildman–Crippen MR) is 72.6 cm³/mol. The number of hydrogen-bond donors (Lipinski definition) is 1. The average molecular weight is 332 g/mol. The van der Waals surface area contributed by atoms with E-state index in [1.807, 2.05) is 0 Å². The zero-order chi connectivity index (χ0) is 17.3. The highest BCUT2D eigenvalue weighted by molar-refractivity contribution is 6.07. The van der Waals surface area contributed by atoms with Gasteiger partial charge >= 0.3 is 12.4 Å². The van der Waals surface area contributed by atoms with Gasteiger partial charge in [-0.3, -0.25) is 9.69 Å². The van der Waals surface area contributed by atoms with Gasteiger partial charge in [0.05, 0.1) is 13.2 Å². The lowest BCUT2D eigenvalue weighted by molar-refractivity contribution is -0.274. The highest BCUT2D eigenvalue weighted by Gasteiger charge is 2.48. The molecule has 3 amide bonds. The Kier molecular flexibility index (Phi) is 4.51. The van der Waals surface area contributed by atoms with E-state index in [0.717, 1.165) is 17.0 Å². The topological polar surface area (TPSA) is 67.9 Å². The van der Waals surface area contributed by atoms with Crippen molar-refractivity contribution in [3.63, 3.8) is 0 Å². The van der Waals surface area contributed by atoms with E-state index in [-0.39, 0.29) is 13.2 Å². The van der Waals surface area contributed by atoms with Gasteiger partial charge in [0.25, 0.3) is 5.91 Å². The minimum Gasteiger partial charge on any atom is -0.406 e. The van der Waals surface area contributed by atoms with Crippen molar-refractivity contribution >= 4 is 11.9 Å². The number of urea groups is 1. The number of benzene rings is 1. The third-order valence-corrected chi connectivity index (χ3v) is 3.46. The molecule has 1 fully saturated rings. The first-order chi connectivity index (χ1) is 10.7. The number of carbonyl (C=O) groups is 2. The third-order valence-electron chi connectivity index (χ3n) is 3.46. The molecule has 1 saturated heterocycles. The molecule has 1 heterocycles. The molecular formula is C14H15F3N2O4. The van der Waals surface area contributed by atoms with Crippen LogP contribution in [0, 0.1) is 0 Å². The van der Waals surface area contributed by atoms with Crippen LogP contribution in [0.2, 0.25) is 0 Å². The lowest BCUT2D eigenvalue weighted by Gasteiger charge is -2.22. The summed E-state index contributed by atoms with van der Waals surface area (Å²) < 4.78 is 45.1. The van der Waals surface area contributed by atoms with Crippen molar-refractivity contribution in [2.75, 3.05) is 20.3 Å². The van der Waals surface area contributed by atoms with Gasteiger partial charge in [0.15, 0.2) is 0 Å². The number of amides is 3. The number of imide groups is 1.